The molecule has 0 aliphatic rings. The molecule has 26 heavy (non-hydrogen) atoms. The molecule has 0 bridgehead atoms. The highest BCUT2D eigenvalue weighted by atomic mass is 79.9. The normalized spacial score (nSPS) is 10.5. The topological polar surface area (TPSA) is 103 Å². The third-order valence-corrected chi connectivity index (χ3v) is 3.71. The van der Waals surface area contributed by atoms with Crippen LogP contribution in [0.1, 0.15) is 12.5 Å². The van der Waals surface area contributed by atoms with Gasteiger partial charge in [0.15, 0.2) is 6.61 Å². The van der Waals surface area contributed by atoms with Crippen molar-refractivity contribution in [2.24, 2.45) is 5.10 Å². The van der Waals surface area contributed by atoms with Gasteiger partial charge in [-0.1, -0.05) is 0 Å². The van der Waals surface area contributed by atoms with Gasteiger partial charge in [0.25, 0.3) is 5.69 Å². The van der Waals surface area contributed by atoms with E-state index in [1.807, 2.05) is 0 Å². The summed E-state index contributed by atoms with van der Waals surface area (Å²) < 4.78 is 10.8. The zero-order chi connectivity index (χ0) is 18.9. The summed E-state index contributed by atoms with van der Waals surface area (Å²) in [6, 6.07) is 11.2. The van der Waals surface area contributed by atoms with Gasteiger partial charge in [-0.15, -0.1) is 0 Å². The molecule has 0 spiro atoms. The van der Waals surface area contributed by atoms with Crippen LogP contribution in [0.15, 0.2) is 52.0 Å². The molecule has 0 heterocycles. The van der Waals surface area contributed by atoms with Crippen LogP contribution in [-0.2, 0) is 9.53 Å². The number of hydrogen-bond acceptors (Lipinski definition) is 7. The van der Waals surface area contributed by atoms with E-state index < -0.39 is 10.9 Å². The number of anilines is 1. The van der Waals surface area contributed by atoms with Crippen LogP contribution in [0.25, 0.3) is 0 Å². The lowest BCUT2D eigenvalue weighted by atomic mass is 10.2. The second-order valence-electron chi connectivity index (χ2n) is 4.96. The molecule has 0 saturated heterocycles. The Labute approximate surface area is 158 Å². The number of hydrazone groups is 1. The van der Waals surface area contributed by atoms with Crippen molar-refractivity contribution in [2.75, 3.05) is 18.6 Å². The van der Waals surface area contributed by atoms with E-state index >= 15 is 0 Å². The van der Waals surface area contributed by atoms with Gasteiger partial charge in [-0.25, -0.2) is 4.79 Å². The number of non-ortho nitro benzene ring substituents is 1. The van der Waals surface area contributed by atoms with Crippen molar-refractivity contribution in [1.82, 2.24) is 0 Å². The molecule has 0 radical (unpaired) electrons. The molecule has 0 aliphatic heterocycles. The van der Waals surface area contributed by atoms with Gasteiger partial charge in [-0.3, -0.25) is 15.5 Å². The predicted octanol–water partition coefficient (Wildman–Crippen LogP) is 3.75. The molecule has 0 aliphatic carbocycles. The van der Waals surface area contributed by atoms with Crippen molar-refractivity contribution in [2.45, 2.75) is 6.92 Å². The number of nitro groups is 1. The van der Waals surface area contributed by atoms with Gasteiger partial charge in [0, 0.05) is 12.1 Å². The van der Waals surface area contributed by atoms with Gasteiger partial charge in [-0.2, -0.15) is 5.10 Å². The summed E-state index contributed by atoms with van der Waals surface area (Å²) in [5.41, 5.74) is 4.21. The first-order valence-electron chi connectivity index (χ1n) is 7.61. The third kappa shape index (κ3) is 5.85. The SMILES string of the molecule is CCOC(=O)COc1ccc(/C=N/Nc2ccc([N+](=O)[O-])cc2)cc1Br. The number of ether oxygens (including phenoxy) is 2. The molecule has 2 aromatic carbocycles. The Balaban J connectivity index is 1.92. The standard InChI is InChI=1S/C17H16BrN3O5/c1-2-25-17(22)11-26-16-8-3-12(9-15(16)18)10-19-20-13-4-6-14(7-5-13)21(23)24/h3-10,20H,2,11H2,1H3/b19-10+. The van der Waals surface area contributed by atoms with E-state index in [0.29, 0.717) is 22.5 Å². The molecule has 9 heteroatoms. The maximum atomic E-state index is 11.3. The van der Waals surface area contributed by atoms with Gasteiger partial charge in [0.05, 0.1) is 27.9 Å². The first-order chi connectivity index (χ1) is 12.5. The minimum absolute atomic E-state index is 0.0156. The molecule has 2 aromatic rings. The Hall–Kier alpha value is -2.94. The van der Waals surface area contributed by atoms with Gasteiger partial charge in [0.2, 0.25) is 0 Å². The van der Waals surface area contributed by atoms with Gasteiger partial charge < -0.3 is 9.47 Å². The lowest BCUT2D eigenvalue weighted by molar-refractivity contribution is -0.384. The smallest absolute Gasteiger partial charge is 0.344 e. The number of rotatable bonds is 8. The molecule has 1 N–H and O–H groups in total. The highest BCUT2D eigenvalue weighted by Gasteiger charge is 2.07. The van der Waals surface area contributed by atoms with Crippen molar-refractivity contribution in [3.05, 3.63) is 62.6 Å². The fourth-order valence-electron chi connectivity index (χ4n) is 1.89. The van der Waals surface area contributed by atoms with E-state index in [2.05, 4.69) is 26.5 Å². The number of esters is 1. The van der Waals surface area contributed by atoms with Crippen LogP contribution in [0, 0.1) is 10.1 Å². The van der Waals surface area contributed by atoms with Crippen molar-refractivity contribution in [3.63, 3.8) is 0 Å². The fourth-order valence-corrected chi connectivity index (χ4v) is 2.40. The van der Waals surface area contributed by atoms with Gasteiger partial charge in [-0.05, 0) is 58.7 Å². The highest BCUT2D eigenvalue weighted by Crippen LogP contribution is 2.25. The average Bonchev–Trinajstić information content (AvgIpc) is 2.61. The summed E-state index contributed by atoms with van der Waals surface area (Å²) in [5, 5.41) is 14.7. The number of nitrogens with one attached hydrogen (secondary N) is 1. The van der Waals surface area contributed by atoms with Crippen molar-refractivity contribution >= 4 is 39.5 Å². The fraction of sp³-hybridized carbons (Fsp3) is 0.176. The minimum Gasteiger partial charge on any atom is -0.481 e. The summed E-state index contributed by atoms with van der Waals surface area (Å²) in [5.74, 6) is 0.0795. The number of benzene rings is 2. The van der Waals surface area contributed by atoms with Crippen LogP contribution in [0.3, 0.4) is 0 Å². The Bertz CT molecular complexity index is 809. The summed E-state index contributed by atoms with van der Waals surface area (Å²) in [6.07, 6.45) is 1.58. The molecular weight excluding hydrogens is 406 g/mol. The number of nitrogens with zero attached hydrogens (tertiary/aromatic N) is 2. The van der Waals surface area contributed by atoms with Crippen LogP contribution in [0.5, 0.6) is 5.75 Å². The second-order valence-corrected chi connectivity index (χ2v) is 5.81. The minimum atomic E-state index is -0.462. The Morgan fingerprint density at radius 3 is 2.65 bits per heavy atom. The highest BCUT2D eigenvalue weighted by molar-refractivity contribution is 9.10. The van der Waals surface area contributed by atoms with E-state index in [-0.39, 0.29) is 12.3 Å². The third-order valence-electron chi connectivity index (χ3n) is 3.09. The number of carbonyl (C=O) groups is 1. The lowest BCUT2D eigenvalue weighted by Crippen LogP contribution is -2.14. The summed E-state index contributed by atoms with van der Waals surface area (Å²) in [7, 11) is 0. The van der Waals surface area contributed by atoms with Crippen molar-refractivity contribution in [1.29, 1.82) is 0 Å². The zero-order valence-corrected chi connectivity index (χ0v) is 15.4. The maximum absolute atomic E-state index is 11.3. The molecule has 136 valence electrons. The molecule has 0 saturated carbocycles. The molecule has 0 aromatic heterocycles. The lowest BCUT2D eigenvalue weighted by Gasteiger charge is -2.08. The van der Waals surface area contributed by atoms with Crippen molar-refractivity contribution in [3.8, 4) is 5.75 Å². The largest absolute Gasteiger partial charge is 0.481 e. The Morgan fingerprint density at radius 1 is 1.31 bits per heavy atom. The Kier molecular flexibility index (Phi) is 7.10. The second kappa shape index (κ2) is 9.52. The molecule has 0 atom stereocenters. The first-order valence-corrected chi connectivity index (χ1v) is 8.40. The number of nitro benzene ring substituents is 1. The average molecular weight is 422 g/mol. The van der Waals surface area contributed by atoms with Crippen LogP contribution in [0.2, 0.25) is 0 Å². The summed E-state index contributed by atoms with van der Waals surface area (Å²) in [4.78, 5) is 21.4. The van der Waals surface area contributed by atoms with E-state index in [0.717, 1.165) is 5.56 Å². The molecule has 8 nitrogen and oxygen atoms in total. The molecule has 0 amide bonds. The van der Waals surface area contributed by atoms with Crippen LogP contribution < -0.4 is 10.2 Å². The summed E-state index contributed by atoms with van der Waals surface area (Å²) >= 11 is 3.37. The zero-order valence-electron chi connectivity index (χ0n) is 13.8. The molecule has 0 unspecified atom stereocenters. The summed E-state index contributed by atoms with van der Waals surface area (Å²) in [6.45, 7) is 1.87. The molecule has 0 fully saturated rings. The Morgan fingerprint density at radius 2 is 2.04 bits per heavy atom. The van der Waals surface area contributed by atoms with Crippen LogP contribution >= 0.6 is 15.9 Å². The monoisotopic (exact) mass is 421 g/mol. The van der Waals surface area contributed by atoms with Crippen molar-refractivity contribution < 1.29 is 19.2 Å². The first kappa shape index (κ1) is 19.4. The van der Waals surface area contributed by atoms with E-state index in [1.54, 1.807) is 43.5 Å². The van der Waals surface area contributed by atoms with Crippen LogP contribution in [0.4, 0.5) is 11.4 Å². The van der Waals surface area contributed by atoms with E-state index in [9.17, 15) is 14.9 Å². The predicted molar refractivity (Wildman–Crippen MR) is 101 cm³/mol. The molecule has 2 rings (SSSR count). The van der Waals surface area contributed by atoms with Crippen LogP contribution in [-0.4, -0.2) is 30.3 Å². The van der Waals surface area contributed by atoms with Gasteiger partial charge >= 0.3 is 5.97 Å². The number of carbonyl (C=O) groups excluding carboxylic acids is 1. The van der Waals surface area contributed by atoms with E-state index in [1.165, 1.54) is 12.1 Å². The quantitative estimate of drug-likeness (QED) is 0.301. The maximum Gasteiger partial charge on any atom is 0.344 e. The number of hydrogen-bond donors (Lipinski definition) is 1. The van der Waals surface area contributed by atoms with E-state index in [4.69, 9.17) is 9.47 Å². The molecular formula is C17H16BrN3O5. The van der Waals surface area contributed by atoms with Gasteiger partial charge in [0.1, 0.15) is 5.75 Å². The number of halogens is 1.